The van der Waals surface area contributed by atoms with Crippen molar-refractivity contribution in [3.8, 4) is 0 Å². The lowest BCUT2D eigenvalue weighted by molar-refractivity contribution is 0.0368. The number of esters is 1. The molecule has 0 aliphatic carbocycles. The molecule has 1 rings (SSSR count). The van der Waals surface area contributed by atoms with Gasteiger partial charge in [0.1, 0.15) is 0 Å². The van der Waals surface area contributed by atoms with Gasteiger partial charge in [0.25, 0.3) is 0 Å². The molecule has 0 amide bonds. The van der Waals surface area contributed by atoms with Gasteiger partial charge in [-0.05, 0) is 38.8 Å². The Morgan fingerprint density at radius 3 is 2.33 bits per heavy atom. The van der Waals surface area contributed by atoms with Crippen LogP contribution in [-0.2, 0) is 9.30 Å². The first-order valence-corrected chi connectivity index (χ1v) is 9.44. The molecule has 8 heteroatoms. The van der Waals surface area contributed by atoms with Crippen LogP contribution >= 0.6 is 7.60 Å². The van der Waals surface area contributed by atoms with E-state index in [1.54, 1.807) is 27.7 Å². The quantitative estimate of drug-likeness (QED) is 0.418. The van der Waals surface area contributed by atoms with E-state index in [9.17, 15) is 23.9 Å². The van der Waals surface area contributed by atoms with Gasteiger partial charge in [-0.1, -0.05) is 13.8 Å². The van der Waals surface area contributed by atoms with E-state index in [-0.39, 0.29) is 36.6 Å². The molecule has 0 saturated carbocycles. The van der Waals surface area contributed by atoms with Gasteiger partial charge in [-0.3, -0.25) is 9.36 Å². The molecule has 2 N–H and O–H groups in total. The Labute approximate surface area is 141 Å². The fourth-order valence-corrected chi connectivity index (χ4v) is 3.65. The van der Waals surface area contributed by atoms with Crippen LogP contribution < -0.4 is 0 Å². The molecule has 1 aromatic rings. The maximum Gasteiger partial charge on any atom is 0.357 e. The molecule has 0 aliphatic heterocycles. The SMILES string of the molecule is CCC(CC)(CC(=O)c1cccnc1C(=O)OC(C)C)P(=O)(O)O. The molecule has 1 heterocycles. The van der Waals surface area contributed by atoms with Crippen molar-refractivity contribution in [3.63, 3.8) is 0 Å². The van der Waals surface area contributed by atoms with Crippen molar-refractivity contribution < 1.29 is 28.7 Å². The second-order valence-electron chi connectivity index (χ2n) is 5.93. The molecule has 0 atom stereocenters. The van der Waals surface area contributed by atoms with Crippen LogP contribution in [-0.4, -0.2) is 37.8 Å². The van der Waals surface area contributed by atoms with Crippen LogP contribution in [0.2, 0.25) is 0 Å². The van der Waals surface area contributed by atoms with Crippen molar-refractivity contribution in [3.05, 3.63) is 29.6 Å². The molecule has 0 spiro atoms. The van der Waals surface area contributed by atoms with Crippen molar-refractivity contribution in [1.82, 2.24) is 4.98 Å². The molecule has 0 fully saturated rings. The van der Waals surface area contributed by atoms with Gasteiger partial charge in [0.05, 0.1) is 16.8 Å². The van der Waals surface area contributed by atoms with E-state index in [4.69, 9.17) is 4.74 Å². The highest BCUT2D eigenvalue weighted by Crippen LogP contribution is 2.56. The molecule has 0 bridgehead atoms. The zero-order valence-corrected chi connectivity index (χ0v) is 15.2. The summed E-state index contributed by atoms with van der Waals surface area (Å²) in [5.74, 6) is -1.27. The van der Waals surface area contributed by atoms with E-state index in [1.165, 1.54) is 18.3 Å². The Balaban J connectivity index is 3.21. The lowest BCUT2D eigenvalue weighted by Crippen LogP contribution is -2.31. The number of carbonyl (C=O) groups excluding carboxylic acids is 2. The Kier molecular flexibility index (Phi) is 6.84. The summed E-state index contributed by atoms with van der Waals surface area (Å²) in [4.78, 5) is 48.0. The molecule has 0 aromatic carbocycles. The second-order valence-corrected chi connectivity index (χ2v) is 7.97. The number of ether oxygens (including phenoxy) is 1. The summed E-state index contributed by atoms with van der Waals surface area (Å²) in [6, 6.07) is 2.92. The first-order valence-electron chi connectivity index (χ1n) is 7.82. The highest BCUT2D eigenvalue weighted by molar-refractivity contribution is 7.53. The van der Waals surface area contributed by atoms with Gasteiger partial charge >= 0.3 is 13.6 Å². The molecule has 0 unspecified atom stereocenters. The Bertz CT molecular complexity index is 648. The fourth-order valence-electron chi connectivity index (χ4n) is 2.47. The Morgan fingerprint density at radius 2 is 1.88 bits per heavy atom. The molecule has 24 heavy (non-hydrogen) atoms. The van der Waals surface area contributed by atoms with Gasteiger partial charge in [0.15, 0.2) is 11.5 Å². The smallest absolute Gasteiger partial charge is 0.357 e. The predicted molar refractivity (Wildman–Crippen MR) is 89.1 cm³/mol. The minimum absolute atomic E-state index is 0.0166. The van der Waals surface area contributed by atoms with Crippen LogP contribution in [0.4, 0.5) is 0 Å². The van der Waals surface area contributed by atoms with E-state index < -0.39 is 24.5 Å². The molecular weight excluding hydrogens is 333 g/mol. The number of hydrogen-bond acceptors (Lipinski definition) is 5. The lowest BCUT2D eigenvalue weighted by Gasteiger charge is -2.31. The third-order valence-electron chi connectivity index (χ3n) is 4.07. The third-order valence-corrected chi connectivity index (χ3v) is 6.09. The standard InChI is InChI=1S/C16H24NO6P/c1-5-16(6-2,24(20,21)22)10-13(18)12-8-7-9-17-14(12)15(19)23-11(3)4/h7-9,11H,5-6,10H2,1-4H3,(H2,20,21,22). The van der Waals surface area contributed by atoms with Crippen molar-refractivity contribution in [1.29, 1.82) is 0 Å². The number of nitrogens with zero attached hydrogens (tertiary/aromatic N) is 1. The van der Waals surface area contributed by atoms with Crippen LogP contribution in [0.3, 0.4) is 0 Å². The first kappa shape index (κ1) is 20.5. The van der Waals surface area contributed by atoms with Crippen LogP contribution in [0.5, 0.6) is 0 Å². The van der Waals surface area contributed by atoms with Crippen LogP contribution in [0.25, 0.3) is 0 Å². The van der Waals surface area contributed by atoms with E-state index in [2.05, 4.69) is 4.98 Å². The average Bonchev–Trinajstić information content (AvgIpc) is 2.50. The van der Waals surface area contributed by atoms with Crippen LogP contribution in [0, 0.1) is 0 Å². The molecular formula is C16H24NO6P. The number of aromatic nitrogens is 1. The summed E-state index contributed by atoms with van der Waals surface area (Å²) < 4.78 is 17.0. The summed E-state index contributed by atoms with van der Waals surface area (Å²) in [6.45, 7) is 6.62. The molecule has 134 valence electrons. The summed E-state index contributed by atoms with van der Waals surface area (Å²) in [6.07, 6.45) is 0.918. The topological polar surface area (TPSA) is 114 Å². The maximum absolute atomic E-state index is 12.6. The zero-order valence-electron chi connectivity index (χ0n) is 14.4. The van der Waals surface area contributed by atoms with E-state index in [1.807, 2.05) is 0 Å². The van der Waals surface area contributed by atoms with Gasteiger partial charge in [-0.2, -0.15) is 0 Å². The first-order chi connectivity index (χ1) is 11.1. The Hall–Kier alpha value is -1.56. The molecule has 0 radical (unpaired) electrons. The molecule has 7 nitrogen and oxygen atoms in total. The molecule has 0 aliphatic rings. The largest absolute Gasteiger partial charge is 0.458 e. The highest BCUT2D eigenvalue weighted by Gasteiger charge is 2.45. The normalized spacial score (nSPS) is 12.3. The highest BCUT2D eigenvalue weighted by atomic mass is 31.2. The zero-order chi connectivity index (χ0) is 18.5. The number of hydrogen-bond donors (Lipinski definition) is 2. The molecule has 1 aromatic heterocycles. The minimum atomic E-state index is -4.50. The van der Waals surface area contributed by atoms with Crippen molar-refractivity contribution in [2.45, 2.75) is 58.2 Å². The van der Waals surface area contributed by atoms with Gasteiger partial charge in [-0.15, -0.1) is 0 Å². The van der Waals surface area contributed by atoms with Gasteiger partial charge < -0.3 is 14.5 Å². The fraction of sp³-hybridized carbons (Fsp3) is 0.562. The van der Waals surface area contributed by atoms with Crippen molar-refractivity contribution in [2.24, 2.45) is 0 Å². The van der Waals surface area contributed by atoms with Crippen LogP contribution in [0.1, 0.15) is 67.8 Å². The number of rotatable bonds is 8. The minimum Gasteiger partial charge on any atom is -0.458 e. The number of pyridine rings is 1. The second kappa shape index (κ2) is 8.01. The number of Topliss-reactive ketones (excluding diaryl/α,β-unsaturated/α-hetero) is 1. The van der Waals surface area contributed by atoms with E-state index >= 15 is 0 Å². The monoisotopic (exact) mass is 357 g/mol. The predicted octanol–water partition coefficient (Wildman–Crippen LogP) is 2.96. The van der Waals surface area contributed by atoms with Crippen molar-refractivity contribution >= 4 is 19.3 Å². The summed E-state index contributed by atoms with van der Waals surface area (Å²) >= 11 is 0. The summed E-state index contributed by atoms with van der Waals surface area (Å²) in [5, 5.41) is -1.45. The maximum atomic E-state index is 12.6. The number of ketones is 1. The van der Waals surface area contributed by atoms with E-state index in [0.717, 1.165) is 0 Å². The lowest BCUT2D eigenvalue weighted by atomic mass is 9.92. The molecule has 0 saturated heterocycles. The van der Waals surface area contributed by atoms with Gasteiger partial charge in [0, 0.05) is 12.6 Å². The number of carbonyl (C=O) groups is 2. The summed E-state index contributed by atoms with van der Waals surface area (Å²) in [5.41, 5.74) is -0.120. The van der Waals surface area contributed by atoms with Crippen molar-refractivity contribution in [2.75, 3.05) is 0 Å². The average molecular weight is 357 g/mol. The third kappa shape index (κ3) is 4.50. The van der Waals surface area contributed by atoms with Crippen LogP contribution in [0.15, 0.2) is 18.3 Å². The van der Waals surface area contributed by atoms with Gasteiger partial charge in [0.2, 0.25) is 0 Å². The van der Waals surface area contributed by atoms with E-state index in [0.29, 0.717) is 0 Å². The Morgan fingerprint density at radius 1 is 1.29 bits per heavy atom. The summed E-state index contributed by atoms with van der Waals surface area (Å²) in [7, 11) is -4.50. The van der Waals surface area contributed by atoms with Gasteiger partial charge in [-0.25, -0.2) is 9.78 Å².